The molecular formula is C17H21N3O2. The number of carbonyl (C=O) groups is 1. The van der Waals surface area contributed by atoms with Crippen LogP contribution in [0.4, 0.5) is 0 Å². The molecule has 1 aromatic rings. The molecular weight excluding hydrogens is 278 g/mol. The first-order valence-corrected chi connectivity index (χ1v) is 7.02. The van der Waals surface area contributed by atoms with Crippen LogP contribution < -0.4 is 10.6 Å². The number of benzene rings is 1. The predicted octanol–water partition coefficient (Wildman–Crippen LogP) is 1.81. The van der Waals surface area contributed by atoms with Crippen molar-refractivity contribution in [3.63, 3.8) is 0 Å². The summed E-state index contributed by atoms with van der Waals surface area (Å²) in [5, 5.41) is 13.4. The van der Waals surface area contributed by atoms with Gasteiger partial charge in [0, 0.05) is 6.54 Å². The summed E-state index contributed by atoms with van der Waals surface area (Å²) in [7, 11) is 0. The topological polar surface area (TPSA) is 74.2 Å². The second-order valence-corrected chi connectivity index (χ2v) is 4.52. The summed E-state index contributed by atoms with van der Waals surface area (Å²) < 4.78 is 5.69. The minimum absolute atomic E-state index is 0.122. The summed E-state index contributed by atoms with van der Waals surface area (Å²) in [6, 6.07) is 9.57. The van der Waals surface area contributed by atoms with E-state index in [-0.39, 0.29) is 36.2 Å². The second-order valence-electron chi connectivity index (χ2n) is 4.52. The number of ether oxygens (including phenoxy) is 1. The molecule has 0 unspecified atom stereocenters. The molecule has 3 N–H and O–H groups in total. The normalized spacial score (nSPS) is 11.0. The number of amides is 1. The minimum Gasteiger partial charge on any atom is -0.485 e. The van der Waals surface area contributed by atoms with E-state index in [1.54, 1.807) is 6.92 Å². The average Bonchev–Trinajstić information content (AvgIpc) is 2.52. The Bertz CT molecular complexity index is 586. The van der Waals surface area contributed by atoms with Crippen LogP contribution in [0.1, 0.15) is 19.4 Å². The number of hydrogen-bond acceptors (Lipinski definition) is 4. The van der Waals surface area contributed by atoms with Crippen molar-refractivity contribution in [3.8, 4) is 12.3 Å². The molecule has 5 nitrogen and oxygen atoms in total. The summed E-state index contributed by atoms with van der Waals surface area (Å²) in [6.45, 7) is 4.37. The van der Waals surface area contributed by atoms with Crippen LogP contribution in [0.25, 0.3) is 0 Å². The Hall–Kier alpha value is -2.74. The summed E-state index contributed by atoms with van der Waals surface area (Å²) in [6.07, 6.45) is 5.15. The van der Waals surface area contributed by atoms with Crippen molar-refractivity contribution in [1.29, 1.82) is 5.41 Å². The van der Waals surface area contributed by atoms with Crippen molar-refractivity contribution in [2.45, 2.75) is 20.5 Å². The number of carbonyl (C=O) groups excluding carboxylic acids is 1. The van der Waals surface area contributed by atoms with Crippen LogP contribution in [0.15, 0.2) is 41.8 Å². The lowest BCUT2D eigenvalue weighted by atomic mass is 10.2. The highest BCUT2D eigenvalue weighted by atomic mass is 16.5. The molecule has 1 amide bonds. The van der Waals surface area contributed by atoms with Crippen molar-refractivity contribution < 1.29 is 9.53 Å². The molecule has 0 heterocycles. The molecule has 0 aromatic heterocycles. The smallest absolute Gasteiger partial charge is 0.272 e. The Morgan fingerprint density at radius 2 is 2.00 bits per heavy atom. The van der Waals surface area contributed by atoms with Crippen LogP contribution in [0.2, 0.25) is 0 Å². The quantitative estimate of drug-likeness (QED) is 0.297. The van der Waals surface area contributed by atoms with Gasteiger partial charge in [-0.25, -0.2) is 0 Å². The number of allylic oxidation sites excluding steroid dienone is 1. The van der Waals surface area contributed by atoms with Crippen molar-refractivity contribution in [1.82, 2.24) is 10.6 Å². The summed E-state index contributed by atoms with van der Waals surface area (Å²) >= 11 is 0. The molecule has 5 heteroatoms. The zero-order chi connectivity index (χ0) is 16.4. The zero-order valence-corrected chi connectivity index (χ0v) is 12.9. The van der Waals surface area contributed by atoms with Crippen LogP contribution in [-0.4, -0.2) is 24.7 Å². The molecule has 0 saturated carbocycles. The van der Waals surface area contributed by atoms with Crippen LogP contribution in [0.5, 0.6) is 0 Å². The number of terminal acetylenes is 1. The van der Waals surface area contributed by atoms with E-state index in [0.29, 0.717) is 6.54 Å². The first-order chi connectivity index (χ1) is 10.6. The fourth-order valence-corrected chi connectivity index (χ4v) is 1.76. The highest BCUT2D eigenvalue weighted by molar-refractivity contribution is 6.04. The molecule has 1 aromatic carbocycles. The molecule has 116 valence electrons. The van der Waals surface area contributed by atoms with E-state index in [1.165, 1.54) is 0 Å². The largest absolute Gasteiger partial charge is 0.485 e. The molecule has 22 heavy (non-hydrogen) atoms. The molecule has 1 rings (SSSR count). The van der Waals surface area contributed by atoms with Gasteiger partial charge in [0.15, 0.2) is 5.76 Å². The van der Waals surface area contributed by atoms with E-state index in [0.717, 1.165) is 5.56 Å². The fraction of sp³-hybridized carbons (Fsp3) is 0.294. The van der Waals surface area contributed by atoms with Gasteiger partial charge in [-0.15, -0.1) is 6.42 Å². The third kappa shape index (κ3) is 5.33. The lowest BCUT2D eigenvalue weighted by Crippen LogP contribution is -2.34. The second kappa shape index (κ2) is 9.24. The maximum Gasteiger partial charge on any atom is 0.272 e. The van der Waals surface area contributed by atoms with Crippen LogP contribution in [-0.2, 0) is 16.1 Å². The molecule has 0 saturated heterocycles. The first-order valence-electron chi connectivity index (χ1n) is 7.02. The van der Waals surface area contributed by atoms with Gasteiger partial charge < -0.3 is 20.8 Å². The van der Waals surface area contributed by atoms with Gasteiger partial charge >= 0.3 is 0 Å². The van der Waals surface area contributed by atoms with E-state index in [4.69, 9.17) is 16.6 Å². The highest BCUT2D eigenvalue weighted by Gasteiger charge is 2.17. The molecule has 0 radical (unpaired) electrons. The third-order valence-electron chi connectivity index (χ3n) is 2.73. The predicted molar refractivity (Wildman–Crippen MR) is 87.2 cm³/mol. The van der Waals surface area contributed by atoms with Gasteiger partial charge in [0.1, 0.15) is 12.3 Å². The SMILES string of the molecule is C#CCNC(=O)/C(NCC)=C(\OCc1ccccc1)C(C)=N. The van der Waals surface area contributed by atoms with Gasteiger partial charge in [0.25, 0.3) is 5.91 Å². The Morgan fingerprint density at radius 3 is 2.55 bits per heavy atom. The average molecular weight is 299 g/mol. The summed E-state index contributed by atoms with van der Waals surface area (Å²) in [5.41, 5.74) is 1.35. The van der Waals surface area contributed by atoms with E-state index >= 15 is 0 Å². The van der Waals surface area contributed by atoms with E-state index in [9.17, 15) is 4.79 Å². The Kier molecular flexibility index (Phi) is 7.27. The molecule has 0 bridgehead atoms. The molecule has 0 aliphatic carbocycles. The third-order valence-corrected chi connectivity index (χ3v) is 2.73. The van der Waals surface area contributed by atoms with Crippen LogP contribution in [0.3, 0.4) is 0 Å². The Labute approximate surface area is 131 Å². The summed E-state index contributed by atoms with van der Waals surface area (Å²) in [5.74, 6) is 2.19. The minimum atomic E-state index is -0.380. The molecule has 0 atom stereocenters. The monoisotopic (exact) mass is 299 g/mol. The standard InChI is InChI=1S/C17H21N3O2/c1-4-11-20-17(21)15(19-5-2)16(13(3)18)22-12-14-9-7-6-8-10-14/h1,6-10,18-19H,5,11-12H2,2-3H3,(H,20,21)/b16-15+,18-13?. The van der Waals surface area contributed by atoms with Gasteiger partial charge in [-0.1, -0.05) is 36.3 Å². The van der Waals surface area contributed by atoms with Crippen molar-refractivity contribution >= 4 is 11.6 Å². The highest BCUT2D eigenvalue weighted by Crippen LogP contribution is 2.11. The maximum absolute atomic E-state index is 12.1. The Balaban J connectivity index is 2.97. The zero-order valence-electron chi connectivity index (χ0n) is 12.9. The molecule has 0 spiro atoms. The number of nitrogens with one attached hydrogen (secondary N) is 3. The van der Waals surface area contributed by atoms with Crippen LogP contribution >= 0.6 is 0 Å². The van der Waals surface area contributed by atoms with E-state index in [2.05, 4.69) is 16.6 Å². The van der Waals surface area contributed by atoms with Crippen molar-refractivity contribution in [2.24, 2.45) is 0 Å². The number of hydrogen-bond donors (Lipinski definition) is 3. The fourth-order valence-electron chi connectivity index (χ4n) is 1.76. The van der Waals surface area contributed by atoms with E-state index in [1.807, 2.05) is 37.3 Å². The van der Waals surface area contributed by atoms with Crippen LogP contribution in [0, 0.1) is 17.8 Å². The summed E-state index contributed by atoms with van der Waals surface area (Å²) in [4.78, 5) is 12.1. The molecule has 0 aliphatic heterocycles. The van der Waals surface area contributed by atoms with Gasteiger partial charge in [-0.3, -0.25) is 4.79 Å². The van der Waals surface area contributed by atoms with Gasteiger partial charge in [-0.2, -0.15) is 0 Å². The van der Waals surface area contributed by atoms with E-state index < -0.39 is 0 Å². The molecule has 0 aliphatic rings. The maximum atomic E-state index is 12.1. The van der Waals surface area contributed by atoms with Gasteiger partial charge in [-0.05, 0) is 19.4 Å². The van der Waals surface area contributed by atoms with Crippen molar-refractivity contribution in [2.75, 3.05) is 13.1 Å². The Morgan fingerprint density at radius 1 is 1.32 bits per heavy atom. The number of rotatable bonds is 8. The lowest BCUT2D eigenvalue weighted by molar-refractivity contribution is -0.117. The first kappa shape index (κ1) is 17.3. The van der Waals surface area contributed by atoms with Gasteiger partial charge in [0.05, 0.1) is 12.3 Å². The van der Waals surface area contributed by atoms with Gasteiger partial charge in [0.2, 0.25) is 0 Å². The lowest BCUT2D eigenvalue weighted by Gasteiger charge is -2.16. The number of likely N-dealkylation sites (N-methyl/N-ethyl adjacent to an activating group) is 1. The molecule has 0 fully saturated rings. The van der Waals surface area contributed by atoms with Crippen molar-refractivity contribution in [3.05, 3.63) is 47.4 Å².